The summed E-state index contributed by atoms with van der Waals surface area (Å²) in [6, 6.07) is 18.6. The van der Waals surface area contributed by atoms with E-state index in [2.05, 4.69) is 38.1 Å². The van der Waals surface area contributed by atoms with Gasteiger partial charge in [0.1, 0.15) is 18.4 Å². The summed E-state index contributed by atoms with van der Waals surface area (Å²) >= 11 is 6.70. The molecule has 0 radical (unpaired) electrons. The second-order valence-corrected chi connectivity index (χ2v) is 10.3. The Morgan fingerprint density at radius 1 is 1.02 bits per heavy atom. The second-order valence-electron chi connectivity index (χ2n) is 9.88. The lowest BCUT2D eigenvalue weighted by Gasteiger charge is -2.23. The molecule has 0 aliphatic carbocycles. The van der Waals surface area contributed by atoms with E-state index in [0.717, 1.165) is 11.8 Å². The standard InChI is InChI=1S/C32H24ClF2N9O/c33-26-14-24(40-30(22-9-4-6-20(12-22)15-37)28-18-44(43-42-28)32(34,35)19-45)13-25-29(23(16-38)17-39-31(25)26)41-27(10-5-11-36)21-7-2-1-3-8-21/h1-4,6-9,12-14,17-18,27,30,40,45H,5,10,19H2,(H,39,41)/t27-,30?/m1/s1/i30D. The van der Waals surface area contributed by atoms with Crippen LogP contribution in [-0.4, -0.2) is 31.7 Å². The third kappa shape index (κ3) is 6.66. The summed E-state index contributed by atoms with van der Waals surface area (Å²) in [5.74, 6) is 0. The monoisotopic (exact) mass is 624 g/mol. The van der Waals surface area contributed by atoms with Gasteiger partial charge in [0.25, 0.3) is 0 Å². The topological polar surface area (TPSA) is 159 Å². The summed E-state index contributed by atoms with van der Waals surface area (Å²) in [5.41, 5.74) is 2.16. The predicted octanol–water partition coefficient (Wildman–Crippen LogP) is 6.42. The van der Waals surface area contributed by atoms with Gasteiger partial charge in [-0.1, -0.05) is 59.3 Å². The number of pyridine rings is 1. The molecule has 0 spiro atoms. The lowest BCUT2D eigenvalue weighted by atomic mass is 9.99. The lowest BCUT2D eigenvalue weighted by molar-refractivity contribution is -0.131. The Balaban J connectivity index is 1.66. The average Bonchev–Trinajstić information content (AvgIpc) is 3.59. The molecule has 0 saturated carbocycles. The first-order valence-electron chi connectivity index (χ1n) is 14.0. The van der Waals surface area contributed by atoms with E-state index in [0.29, 0.717) is 23.0 Å². The molecule has 13 heteroatoms. The van der Waals surface area contributed by atoms with Crippen molar-refractivity contribution < 1.29 is 15.3 Å². The van der Waals surface area contributed by atoms with Crippen molar-refractivity contribution in [2.45, 2.75) is 30.9 Å². The third-order valence-corrected chi connectivity index (χ3v) is 7.22. The van der Waals surface area contributed by atoms with Crippen LogP contribution in [0.15, 0.2) is 79.1 Å². The number of anilines is 2. The highest BCUT2D eigenvalue weighted by atomic mass is 35.5. The summed E-state index contributed by atoms with van der Waals surface area (Å²) in [5, 5.41) is 52.2. The van der Waals surface area contributed by atoms with Gasteiger partial charge in [0.15, 0.2) is 0 Å². The van der Waals surface area contributed by atoms with Crippen LogP contribution < -0.4 is 10.6 Å². The molecule has 3 aromatic carbocycles. The molecule has 1 unspecified atom stereocenters. The summed E-state index contributed by atoms with van der Waals surface area (Å²) in [6.45, 7) is -1.54. The molecule has 3 N–H and O–H groups in total. The fraction of sp³-hybridized carbons (Fsp3) is 0.188. The van der Waals surface area contributed by atoms with E-state index in [1.807, 2.05) is 36.4 Å². The van der Waals surface area contributed by atoms with Crippen molar-refractivity contribution in [3.05, 3.63) is 112 Å². The van der Waals surface area contributed by atoms with Gasteiger partial charge in [-0.3, -0.25) is 4.98 Å². The number of nitriles is 3. The molecule has 0 aliphatic heterocycles. The van der Waals surface area contributed by atoms with Crippen LogP contribution in [0.4, 0.5) is 20.2 Å². The van der Waals surface area contributed by atoms with Crippen molar-refractivity contribution >= 4 is 33.9 Å². The molecule has 2 heterocycles. The maximum atomic E-state index is 14.3. The first-order valence-corrected chi connectivity index (χ1v) is 13.9. The number of rotatable bonds is 11. The van der Waals surface area contributed by atoms with Crippen molar-refractivity contribution in [3.63, 3.8) is 0 Å². The second kappa shape index (κ2) is 13.4. The minimum atomic E-state index is -3.78. The van der Waals surface area contributed by atoms with Crippen molar-refractivity contribution in [1.82, 2.24) is 20.0 Å². The van der Waals surface area contributed by atoms with Crippen LogP contribution in [0.5, 0.6) is 0 Å². The van der Waals surface area contributed by atoms with E-state index in [-0.39, 0.29) is 50.2 Å². The number of fused-ring (bicyclic) bond motifs is 1. The number of nitrogens with one attached hydrogen (secondary N) is 2. The number of hydrogen-bond acceptors (Lipinski definition) is 9. The van der Waals surface area contributed by atoms with E-state index in [9.17, 15) is 25.9 Å². The molecule has 2 atom stereocenters. The Hall–Kier alpha value is -5.61. The summed E-state index contributed by atoms with van der Waals surface area (Å²) in [4.78, 5) is 4.38. The molecule has 10 nitrogen and oxygen atoms in total. The van der Waals surface area contributed by atoms with Gasteiger partial charge in [-0.05, 0) is 41.8 Å². The van der Waals surface area contributed by atoms with Crippen molar-refractivity contribution in [1.29, 1.82) is 15.8 Å². The van der Waals surface area contributed by atoms with Gasteiger partial charge >= 0.3 is 6.05 Å². The van der Waals surface area contributed by atoms with Gasteiger partial charge in [0, 0.05) is 23.7 Å². The Labute approximate surface area is 263 Å². The largest absolute Gasteiger partial charge is 0.388 e. The molecule has 2 aromatic heterocycles. The Bertz CT molecular complexity index is 2020. The Kier molecular flexibility index (Phi) is 8.74. The van der Waals surface area contributed by atoms with Crippen LogP contribution in [0.2, 0.25) is 5.02 Å². The van der Waals surface area contributed by atoms with E-state index in [1.165, 1.54) is 36.5 Å². The SMILES string of the molecule is [2H]C(Nc1cc(Cl)c2ncc(C#N)c(N[C@H](CCC#N)c3ccccc3)c2c1)(c1cccc(C#N)c1)c1cn(C(F)(F)CO)nn1. The number of nitrogens with zero attached hydrogens (tertiary/aromatic N) is 7. The van der Waals surface area contributed by atoms with E-state index in [1.54, 1.807) is 6.07 Å². The zero-order valence-corrected chi connectivity index (χ0v) is 24.2. The molecular weight excluding hydrogens is 600 g/mol. The number of benzene rings is 3. The Morgan fingerprint density at radius 3 is 2.51 bits per heavy atom. The average molecular weight is 625 g/mol. The molecular formula is C32H24ClF2N9O. The van der Waals surface area contributed by atoms with Crippen molar-refractivity contribution in [2.24, 2.45) is 0 Å². The number of aliphatic hydroxyl groups is 1. The zero-order chi connectivity index (χ0) is 32.9. The van der Waals surface area contributed by atoms with E-state index >= 15 is 0 Å². The van der Waals surface area contributed by atoms with Gasteiger partial charge in [-0.15, -0.1) is 5.10 Å². The van der Waals surface area contributed by atoms with Crippen LogP contribution in [0.3, 0.4) is 0 Å². The smallest absolute Gasteiger partial charge is 0.367 e. The summed E-state index contributed by atoms with van der Waals surface area (Å²) in [6.07, 6.45) is 2.89. The van der Waals surface area contributed by atoms with Crippen LogP contribution in [0.1, 0.15) is 54.2 Å². The molecule has 5 rings (SSSR count). The maximum Gasteiger partial charge on any atom is 0.367 e. The number of halogens is 3. The highest BCUT2D eigenvalue weighted by Crippen LogP contribution is 2.38. The third-order valence-electron chi connectivity index (χ3n) is 6.94. The van der Waals surface area contributed by atoms with Crippen LogP contribution in [0.25, 0.3) is 10.9 Å². The Morgan fingerprint density at radius 2 is 1.80 bits per heavy atom. The van der Waals surface area contributed by atoms with Crippen molar-refractivity contribution in [3.8, 4) is 18.2 Å². The fourth-order valence-electron chi connectivity index (χ4n) is 4.75. The molecule has 0 fully saturated rings. The van der Waals surface area contributed by atoms with Crippen LogP contribution in [0, 0.1) is 34.0 Å². The van der Waals surface area contributed by atoms with Crippen LogP contribution >= 0.6 is 11.6 Å². The molecule has 0 aliphatic rings. The van der Waals surface area contributed by atoms with Gasteiger partial charge in [-0.2, -0.15) is 29.2 Å². The minimum absolute atomic E-state index is 0.157. The van der Waals surface area contributed by atoms with Crippen molar-refractivity contribution in [2.75, 3.05) is 17.2 Å². The van der Waals surface area contributed by atoms with Gasteiger partial charge in [-0.25, -0.2) is 0 Å². The number of aromatic nitrogens is 4. The molecule has 5 aromatic rings. The van der Waals surface area contributed by atoms with Crippen LogP contribution in [-0.2, 0) is 6.05 Å². The highest BCUT2D eigenvalue weighted by molar-refractivity contribution is 6.35. The minimum Gasteiger partial charge on any atom is -0.388 e. The predicted molar refractivity (Wildman–Crippen MR) is 163 cm³/mol. The highest BCUT2D eigenvalue weighted by Gasteiger charge is 2.33. The van der Waals surface area contributed by atoms with Gasteiger partial charge < -0.3 is 15.7 Å². The summed E-state index contributed by atoms with van der Waals surface area (Å²) < 4.78 is 38.2. The molecule has 0 saturated heterocycles. The lowest BCUT2D eigenvalue weighted by Crippen LogP contribution is -2.27. The van der Waals surface area contributed by atoms with E-state index in [4.69, 9.17) is 16.7 Å². The van der Waals surface area contributed by atoms with Gasteiger partial charge in [0.2, 0.25) is 0 Å². The van der Waals surface area contributed by atoms with Gasteiger partial charge in [0.05, 0.1) is 59.1 Å². The first kappa shape index (κ1) is 29.5. The molecule has 0 bridgehead atoms. The normalized spacial score (nSPS) is 13.5. The maximum absolute atomic E-state index is 14.3. The number of alkyl halides is 2. The number of aliphatic hydroxyl groups excluding tert-OH is 1. The molecule has 224 valence electrons. The van der Waals surface area contributed by atoms with E-state index < -0.39 is 18.7 Å². The quantitative estimate of drug-likeness (QED) is 0.151. The zero-order valence-electron chi connectivity index (χ0n) is 24.4. The molecule has 45 heavy (non-hydrogen) atoms. The molecule has 0 amide bonds. The fourth-order valence-corrected chi connectivity index (χ4v) is 5.01. The first-order chi connectivity index (χ1) is 22.1. The summed E-state index contributed by atoms with van der Waals surface area (Å²) in [7, 11) is 0. The number of hydrogen-bond donors (Lipinski definition) is 3.